The molecular formula is C15H19N3OS. The summed E-state index contributed by atoms with van der Waals surface area (Å²) < 4.78 is 1.82. The van der Waals surface area contributed by atoms with E-state index >= 15 is 0 Å². The lowest BCUT2D eigenvalue weighted by Gasteiger charge is -2.11. The second kappa shape index (κ2) is 6.13. The summed E-state index contributed by atoms with van der Waals surface area (Å²) in [5.41, 5.74) is 1.55. The highest BCUT2D eigenvalue weighted by atomic mass is 32.2. The van der Waals surface area contributed by atoms with Crippen molar-refractivity contribution in [3.8, 4) is 0 Å². The smallest absolute Gasteiger partial charge is 0.256 e. The number of hydrogen-bond acceptors (Lipinski definition) is 3. The van der Waals surface area contributed by atoms with Crippen LogP contribution >= 0.6 is 11.8 Å². The molecule has 1 N–H and O–H groups in total. The lowest BCUT2D eigenvalue weighted by molar-refractivity contribution is 0.102. The van der Waals surface area contributed by atoms with Crippen LogP contribution in [0.5, 0.6) is 0 Å². The van der Waals surface area contributed by atoms with Crippen molar-refractivity contribution < 1.29 is 4.79 Å². The number of hydrogen-bond donors (Lipinski definition) is 1. The highest BCUT2D eigenvalue weighted by Gasteiger charge is 2.12. The van der Waals surface area contributed by atoms with E-state index < -0.39 is 0 Å². The molecule has 2 aromatic rings. The number of aromatic nitrogens is 2. The molecule has 1 aromatic heterocycles. The van der Waals surface area contributed by atoms with Crippen LogP contribution in [-0.4, -0.2) is 21.9 Å². The predicted octanol–water partition coefficient (Wildman–Crippen LogP) is 3.75. The molecule has 0 unspecified atom stereocenters. The molecule has 106 valence electrons. The summed E-state index contributed by atoms with van der Waals surface area (Å²) in [5, 5.41) is 7.30. The molecule has 0 spiro atoms. The van der Waals surface area contributed by atoms with Gasteiger partial charge < -0.3 is 5.32 Å². The number of thioether (sulfide) groups is 1. The van der Waals surface area contributed by atoms with Crippen LogP contribution in [-0.2, 0) is 0 Å². The summed E-state index contributed by atoms with van der Waals surface area (Å²) in [7, 11) is 0. The third-order valence-electron chi connectivity index (χ3n) is 2.94. The zero-order valence-corrected chi connectivity index (χ0v) is 13.0. The summed E-state index contributed by atoms with van der Waals surface area (Å²) in [6, 6.07) is 9.66. The van der Waals surface area contributed by atoms with Crippen molar-refractivity contribution in [3.05, 3.63) is 41.6 Å². The zero-order chi connectivity index (χ0) is 14.7. The number of carbonyl (C=O) groups excluding carboxylic acids is 1. The first-order valence-electron chi connectivity index (χ1n) is 6.53. The SMILES string of the molecule is CSc1ccc(C(=O)Nc2cc(C)nn2C(C)C)cc1. The summed E-state index contributed by atoms with van der Waals surface area (Å²) in [5.74, 6) is 0.621. The maximum atomic E-state index is 12.2. The molecule has 0 aliphatic carbocycles. The van der Waals surface area contributed by atoms with Crippen LogP contribution in [0.3, 0.4) is 0 Å². The molecule has 0 atom stereocenters. The largest absolute Gasteiger partial charge is 0.307 e. The average molecular weight is 289 g/mol. The van der Waals surface area contributed by atoms with Crippen LogP contribution in [0.4, 0.5) is 5.82 Å². The number of nitrogens with one attached hydrogen (secondary N) is 1. The van der Waals surface area contributed by atoms with Gasteiger partial charge in [-0.2, -0.15) is 5.10 Å². The summed E-state index contributed by atoms with van der Waals surface area (Å²) >= 11 is 1.66. The first kappa shape index (κ1) is 14.7. The van der Waals surface area contributed by atoms with E-state index in [1.54, 1.807) is 11.8 Å². The number of nitrogens with zero attached hydrogens (tertiary/aromatic N) is 2. The molecule has 0 bridgehead atoms. The molecule has 1 aromatic carbocycles. The molecule has 0 fully saturated rings. The van der Waals surface area contributed by atoms with Crippen LogP contribution < -0.4 is 5.32 Å². The molecule has 20 heavy (non-hydrogen) atoms. The van der Waals surface area contributed by atoms with Crippen molar-refractivity contribution in [2.75, 3.05) is 11.6 Å². The van der Waals surface area contributed by atoms with E-state index in [0.29, 0.717) is 5.56 Å². The van der Waals surface area contributed by atoms with Crippen LogP contribution in [0.15, 0.2) is 35.2 Å². The Hall–Kier alpha value is -1.75. The normalized spacial score (nSPS) is 10.8. The minimum atomic E-state index is -0.112. The van der Waals surface area contributed by atoms with E-state index in [1.807, 2.05) is 62.0 Å². The Labute approximate surface area is 123 Å². The molecule has 1 heterocycles. The van der Waals surface area contributed by atoms with Gasteiger partial charge in [-0.05, 0) is 51.3 Å². The van der Waals surface area contributed by atoms with Gasteiger partial charge in [0.1, 0.15) is 5.82 Å². The molecule has 0 saturated heterocycles. The van der Waals surface area contributed by atoms with Crippen molar-refractivity contribution in [2.45, 2.75) is 31.7 Å². The average Bonchev–Trinajstić information content (AvgIpc) is 2.80. The summed E-state index contributed by atoms with van der Waals surface area (Å²) in [6.07, 6.45) is 2.01. The van der Waals surface area contributed by atoms with E-state index in [9.17, 15) is 4.79 Å². The molecule has 0 radical (unpaired) electrons. The van der Waals surface area contributed by atoms with Crippen molar-refractivity contribution in [2.24, 2.45) is 0 Å². The van der Waals surface area contributed by atoms with E-state index in [0.717, 1.165) is 16.4 Å². The maximum absolute atomic E-state index is 12.2. The number of aryl methyl sites for hydroxylation is 1. The Kier molecular flexibility index (Phi) is 4.49. The third kappa shape index (κ3) is 3.22. The maximum Gasteiger partial charge on any atom is 0.256 e. The Morgan fingerprint density at radius 3 is 2.50 bits per heavy atom. The van der Waals surface area contributed by atoms with Crippen molar-refractivity contribution in [3.63, 3.8) is 0 Å². The Balaban J connectivity index is 2.18. The van der Waals surface area contributed by atoms with E-state index in [4.69, 9.17) is 0 Å². The third-order valence-corrected chi connectivity index (χ3v) is 3.68. The van der Waals surface area contributed by atoms with Crippen LogP contribution in [0.2, 0.25) is 0 Å². The van der Waals surface area contributed by atoms with Crippen molar-refractivity contribution in [1.29, 1.82) is 0 Å². The predicted molar refractivity (Wildman–Crippen MR) is 83.5 cm³/mol. The summed E-state index contributed by atoms with van der Waals surface area (Å²) in [4.78, 5) is 13.4. The van der Waals surface area contributed by atoms with Gasteiger partial charge in [-0.25, -0.2) is 4.68 Å². The van der Waals surface area contributed by atoms with Gasteiger partial charge in [-0.3, -0.25) is 4.79 Å². The van der Waals surface area contributed by atoms with E-state index in [1.165, 1.54) is 0 Å². The Morgan fingerprint density at radius 2 is 1.95 bits per heavy atom. The number of anilines is 1. The molecular weight excluding hydrogens is 270 g/mol. The lowest BCUT2D eigenvalue weighted by Crippen LogP contribution is -2.16. The quantitative estimate of drug-likeness (QED) is 0.872. The van der Waals surface area contributed by atoms with Gasteiger partial charge in [0.15, 0.2) is 0 Å². The van der Waals surface area contributed by atoms with Gasteiger partial charge in [-0.15, -0.1) is 11.8 Å². The number of amides is 1. The molecule has 0 saturated carbocycles. The standard InChI is InChI=1S/C15H19N3OS/c1-10(2)18-14(9-11(3)17-18)16-15(19)12-5-7-13(20-4)8-6-12/h5-10H,1-4H3,(H,16,19). The second-order valence-electron chi connectivity index (χ2n) is 4.89. The molecule has 0 aliphatic rings. The first-order chi connectivity index (χ1) is 9.51. The van der Waals surface area contributed by atoms with Crippen molar-refractivity contribution >= 4 is 23.5 Å². The van der Waals surface area contributed by atoms with E-state index in [2.05, 4.69) is 10.4 Å². The fraction of sp³-hybridized carbons (Fsp3) is 0.333. The lowest BCUT2D eigenvalue weighted by atomic mass is 10.2. The van der Waals surface area contributed by atoms with Gasteiger partial charge in [0.25, 0.3) is 5.91 Å². The fourth-order valence-electron chi connectivity index (χ4n) is 1.93. The molecule has 1 amide bonds. The number of carbonyl (C=O) groups is 1. The Bertz CT molecular complexity index is 602. The highest BCUT2D eigenvalue weighted by molar-refractivity contribution is 7.98. The second-order valence-corrected chi connectivity index (χ2v) is 5.77. The monoisotopic (exact) mass is 289 g/mol. The first-order valence-corrected chi connectivity index (χ1v) is 7.75. The number of benzene rings is 1. The molecule has 0 aliphatic heterocycles. The topological polar surface area (TPSA) is 46.9 Å². The molecule has 4 nitrogen and oxygen atoms in total. The minimum absolute atomic E-state index is 0.112. The Morgan fingerprint density at radius 1 is 1.30 bits per heavy atom. The number of rotatable bonds is 4. The van der Waals surface area contributed by atoms with Crippen LogP contribution in [0.1, 0.15) is 35.9 Å². The highest BCUT2D eigenvalue weighted by Crippen LogP contribution is 2.18. The fourth-order valence-corrected chi connectivity index (χ4v) is 2.34. The van der Waals surface area contributed by atoms with Crippen LogP contribution in [0.25, 0.3) is 0 Å². The summed E-state index contributed by atoms with van der Waals surface area (Å²) in [6.45, 7) is 5.99. The van der Waals surface area contributed by atoms with Gasteiger partial charge in [0.2, 0.25) is 0 Å². The van der Waals surface area contributed by atoms with Crippen molar-refractivity contribution in [1.82, 2.24) is 9.78 Å². The van der Waals surface area contributed by atoms with Crippen LogP contribution in [0, 0.1) is 6.92 Å². The molecule has 2 rings (SSSR count). The molecule has 5 heteroatoms. The zero-order valence-electron chi connectivity index (χ0n) is 12.2. The minimum Gasteiger partial charge on any atom is -0.307 e. The van der Waals surface area contributed by atoms with Gasteiger partial charge in [0, 0.05) is 22.6 Å². The van der Waals surface area contributed by atoms with Gasteiger partial charge in [-0.1, -0.05) is 0 Å². The van der Waals surface area contributed by atoms with Gasteiger partial charge in [0.05, 0.1) is 5.69 Å². The van der Waals surface area contributed by atoms with Gasteiger partial charge >= 0.3 is 0 Å². The van der Waals surface area contributed by atoms with E-state index in [-0.39, 0.29) is 11.9 Å².